The lowest BCUT2D eigenvalue weighted by Crippen LogP contribution is -2.08. The highest BCUT2D eigenvalue weighted by Crippen LogP contribution is 2.19. The summed E-state index contributed by atoms with van der Waals surface area (Å²) in [6, 6.07) is 8.26. The molecule has 0 aliphatic carbocycles. The second-order valence-electron chi connectivity index (χ2n) is 4.18. The normalized spacial score (nSPS) is 13.1. The molecule has 0 spiro atoms. The molecule has 1 atom stereocenters. The zero-order valence-electron chi connectivity index (χ0n) is 10.2. The summed E-state index contributed by atoms with van der Waals surface area (Å²) in [7, 11) is 3.64. The lowest BCUT2D eigenvalue weighted by atomic mass is 10.1. The van der Waals surface area contributed by atoms with E-state index in [2.05, 4.69) is 17.2 Å². The van der Waals surface area contributed by atoms with Crippen molar-refractivity contribution in [2.24, 2.45) is 7.05 Å². The van der Waals surface area contributed by atoms with Crippen LogP contribution in [-0.4, -0.2) is 28.9 Å². The van der Waals surface area contributed by atoms with Gasteiger partial charge in [0.05, 0.1) is 23.2 Å². The molecule has 0 N–H and O–H groups in total. The van der Waals surface area contributed by atoms with E-state index in [0.717, 1.165) is 18.5 Å². The highest BCUT2D eigenvalue weighted by atomic mass is 35.5. The summed E-state index contributed by atoms with van der Waals surface area (Å²) in [5.74, 6) is 0. The standard InChI is InChI=1S/C13H17ClN2O/c1-16-13-6-4-3-5-11(13)12(15-16)8-7-10(14)9-17-2/h3-6,10H,7-9H2,1-2H3. The van der Waals surface area contributed by atoms with Gasteiger partial charge in [-0.05, 0) is 18.9 Å². The van der Waals surface area contributed by atoms with Crippen LogP contribution in [0.5, 0.6) is 0 Å². The first-order valence-corrected chi connectivity index (χ1v) is 6.19. The van der Waals surface area contributed by atoms with Gasteiger partial charge >= 0.3 is 0 Å². The number of rotatable bonds is 5. The molecule has 0 aliphatic rings. The summed E-state index contributed by atoms with van der Waals surface area (Å²) >= 11 is 6.13. The number of hydrogen-bond acceptors (Lipinski definition) is 2. The van der Waals surface area contributed by atoms with Gasteiger partial charge in [0, 0.05) is 19.5 Å². The molecular formula is C13H17ClN2O. The second kappa shape index (κ2) is 5.52. The molecular weight excluding hydrogens is 236 g/mol. The van der Waals surface area contributed by atoms with E-state index in [1.807, 2.05) is 23.9 Å². The van der Waals surface area contributed by atoms with Crippen molar-refractivity contribution < 1.29 is 4.74 Å². The number of halogens is 1. The molecule has 0 aliphatic heterocycles. The van der Waals surface area contributed by atoms with Gasteiger partial charge in [-0.1, -0.05) is 18.2 Å². The van der Waals surface area contributed by atoms with Gasteiger partial charge in [-0.2, -0.15) is 5.10 Å². The first kappa shape index (κ1) is 12.4. The number of para-hydroxylation sites is 1. The van der Waals surface area contributed by atoms with Gasteiger partial charge in [0.1, 0.15) is 0 Å². The molecule has 1 aromatic heterocycles. The third kappa shape index (κ3) is 2.79. The number of hydrogen-bond donors (Lipinski definition) is 0. The van der Waals surface area contributed by atoms with Gasteiger partial charge < -0.3 is 4.74 Å². The van der Waals surface area contributed by atoms with Gasteiger partial charge in [-0.15, -0.1) is 11.6 Å². The molecule has 1 aromatic carbocycles. The predicted molar refractivity (Wildman–Crippen MR) is 70.6 cm³/mol. The van der Waals surface area contributed by atoms with E-state index in [4.69, 9.17) is 16.3 Å². The Kier molecular flexibility index (Phi) is 4.02. The maximum Gasteiger partial charge on any atom is 0.0703 e. The predicted octanol–water partition coefficient (Wildman–Crippen LogP) is 2.76. The fourth-order valence-corrected chi connectivity index (χ4v) is 2.27. The number of methoxy groups -OCH3 is 1. The first-order chi connectivity index (χ1) is 8.22. The first-order valence-electron chi connectivity index (χ1n) is 5.76. The Balaban J connectivity index is 2.13. The number of fused-ring (bicyclic) bond motifs is 1. The van der Waals surface area contributed by atoms with Crippen LogP contribution in [0.3, 0.4) is 0 Å². The van der Waals surface area contributed by atoms with Crippen LogP contribution in [0.4, 0.5) is 0 Å². The lowest BCUT2D eigenvalue weighted by molar-refractivity contribution is 0.195. The molecule has 0 saturated carbocycles. The van der Waals surface area contributed by atoms with Crippen molar-refractivity contribution in [3.05, 3.63) is 30.0 Å². The Hall–Kier alpha value is -1.06. The second-order valence-corrected chi connectivity index (χ2v) is 4.80. The van der Waals surface area contributed by atoms with Gasteiger partial charge in [0.15, 0.2) is 0 Å². The topological polar surface area (TPSA) is 27.1 Å². The SMILES string of the molecule is COCC(Cl)CCc1nn(C)c2ccccc12. The molecule has 3 nitrogen and oxygen atoms in total. The van der Waals surface area contributed by atoms with Gasteiger partial charge in [-0.3, -0.25) is 4.68 Å². The number of aryl methyl sites for hydroxylation is 2. The molecule has 92 valence electrons. The van der Waals surface area contributed by atoms with Crippen molar-refractivity contribution in [2.45, 2.75) is 18.2 Å². The number of nitrogens with zero attached hydrogens (tertiary/aromatic N) is 2. The van der Waals surface area contributed by atoms with Crippen molar-refractivity contribution in [1.29, 1.82) is 0 Å². The molecule has 0 radical (unpaired) electrons. The highest BCUT2D eigenvalue weighted by Gasteiger charge is 2.10. The maximum absolute atomic E-state index is 6.13. The molecule has 1 heterocycles. The molecule has 2 rings (SSSR count). The van der Waals surface area contributed by atoms with Gasteiger partial charge in [0.25, 0.3) is 0 Å². The molecule has 0 bridgehead atoms. The Morgan fingerprint density at radius 1 is 1.41 bits per heavy atom. The van der Waals surface area contributed by atoms with E-state index in [1.165, 1.54) is 10.9 Å². The molecule has 1 unspecified atom stereocenters. The van der Waals surface area contributed by atoms with Crippen LogP contribution in [-0.2, 0) is 18.2 Å². The fourth-order valence-electron chi connectivity index (χ4n) is 2.03. The number of ether oxygens (including phenoxy) is 1. The molecule has 0 amide bonds. The van der Waals surface area contributed by atoms with Crippen LogP contribution < -0.4 is 0 Å². The van der Waals surface area contributed by atoms with Crippen LogP contribution in [0.15, 0.2) is 24.3 Å². The van der Waals surface area contributed by atoms with E-state index >= 15 is 0 Å². The Labute approximate surface area is 106 Å². The zero-order valence-corrected chi connectivity index (χ0v) is 10.9. The minimum Gasteiger partial charge on any atom is -0.383 e. The third-order valence-corrected chi connectivity index (χ3v) is 3.22. The van der Waals surface area contributed by atoms with Crippen LogP contribution in [0.2, 0.25) is 0 Å². The smallest absolute Gasteiger partial charge is 0.0703 e. The van der Waals surface area contributed by atoms with Crippen LogP contribution >= 0.6 is 11.6 Å². The van der Waals surface area contributed by atoms with E-state index in [-0.39, 0.29) is 5.38 Å². The Morgan fingerprint density at radius 2 is 2.18 bits per heavy atom. The average Bonchev–Trinajstić information content (AvgIpc) is 2.65. The van der Waals surface area contributed by atoms with Crippen molar-refractivity contribution >= 4 is 22.5 Å². The Bertz CT molecular complexity index is 495. The summed E-state index contributed by atoms with van der Waals surface area (Å²) in [5.41, 5.74) is 2.28. The summed E-state index contributed by atoms with van der Waals surface area (Å²) < 4.78 is 6.95. The highest BCUT2D eigenvalue weighted by molar-refractivity contribution is 6.20. The molecule has 17 heavy (non-hydrogen) atoms. The number of aromatic nitrogens is 2. The van der Waals surface area contributed by atoms with Crippen molar-refractivity contribution in [1.82, 2.24) is 9.78 Å². The van der Waals surface area contributed by atoms with Crippen LogP contribution in [0, 0.1) is 0 Å². The lowest BCUT2D eigenvalue weighted by Gasteiger charge is -2.06. The largest absolute Gasteiger partial charge is 0.383 e. The number of benzene rings is 1. The molecule has 2 aromatic rings. The summed E-state index contributed by atoms with van der Waals surface area (Å²) in [6.07, 6.45) is 1.77. The van der Waals surface area contributed by atoms with Crippen molar-refractivity contribution in [2.75, 3.05) is 13.7 Å². The van der Waals surface area contributed by atoms with Crippen LogP contribution in [0.1, 0.15) is 12.1 Å². The summed E-state index contributed by atoms with van der Waals surface area (Å²) in [4.78, 5) is 0. The van der Waals surface area contributed by atoms with Crippen LogP contribution in [0.25, 0.3) is 10.9 Å². The van der Waals surface area contributed by atoms with E-state index < -0.39 is 0 Å². The minimum absolute atomic E-state index is 0.0563. The van der Waals surface area contributed by atoms with E-state index in [9.17, 15) is 0 Å². The van der Waals surface area contributed by atoms with E-state index in [1.54, 1.807) is 7.11 Å². The fraction of sp³-hybridized carbons (Fsp3) is 0.462. The molecule has 4 heteroatoms. The summed E-state index contributed by atoms with van der Waals surface area (Å²) in [6.45, 7) is 0.590. The van der Waals surface area contributed by atoms with Crippen molar-refractivity contribution in [3.8, 4) is 0 Å². The average molecular weight is 253 g/mol. The number of alkyl halides is 1. The quantitative estimate of drug-likeness (QED) is 0.765. The zero-order chi connectivity index (χ0) is 12.3. The molecule has 0 fully saturated rings. The molecule has 0 saturated heterocycles. The van der Waals surface area contributed by atoms with Crippen molar-refractivity contribution in [3.63, 3.8) is 0 Å². The maximum atomic E-state index is 6.13. The van der Waals surface area contributed by atoms with E-state index in [0.29, 0.717) is 6.61 Å². The summed E-state index contributed by atoms with van der Waals surface area (Å²) in [5, 5.41) is 5.81. The minimum atomic E-state index is 0.0563. The van der Waals surface area contributed by atoms with Gasteiger partial charge in [-0.25, -0.2) is 0 Å². The monoisotopic (exact) mass is 252 g/mol. The third-order valence-electron chi connectivity index (χ3n) is 2.88. The Morgan fingerprint density at radius 3 is 2.94 bits per heavy atom. The van der Waals surface area contributed by atoms with Gasteiger partial charge in [0.2, 0.25) is 0 Å².